The molecule has 0 radical (unpaired) electrons. The molecular formula is C15H19N3O5S2. The van der Waals surface area contributed by atoms with Gasteiger partial charge in [-0.2, -0.15) is 17.0 Å². The normalized spacial score (nSPS) is 12.0. The molecule has 0 saturated carbocycles. The van der Waals surface area contributed by atoms with Gasteiger partial charge < -0.3 is 10.1 Å². The van der Waals surface area contributed by atoms with Gasteiger partial charge in [0.25, 0.3) is 0 Å². The summed E-state index contributed by atoms with van der Waals surface area (Å²) in [7, 11) is -2.82. The van der Waals surface area contributed by atoms with Crippen molar-refractivity contribution >= 4 is 33.7 Å². The van der Waals surface area contributed by atoms with Gasteiger partial charge in [-0.3, -0.25) is 4.79 Å². The molecule has 0 unspecified atom stereocenters. The van der Waals surface area contributed by atoms with Gasteiger partial charge in [-0.05, 0) is 30.6 Å². The summed E-state index contributed by atoms with van der Waals surface area (Å²) in [4.78, 5) is 23.4. The fourth-order valence-electron chi connectivity index (χ4n) is 1.90. The predicted molar refractivity (Wildman–Crippen MR) is 93.3 cm³/mol. The summed E-state index contributed by atoms with van der Waals surface area (Å²) >= 11 is 1.50. The molecule has 0 aliphatic carbocycles. The minimum atomic E-state index is -4.03. The van der Waals surface area contributed by atoms with Gasteiger partial charge in [0.05, 0.1) is 24.1 Å². The number of sulfonamides is 1. The molecule has 0 aromatic heterocycles. The van der Waals surface area contributed by atoms with E-state index in [-0.39, 0.29) is 10.5 Å². The Hall–Kier alpha value is -2.09. The number of carbonyl (C=O) groups is 2. The van der Waals surface area contributed by atoms with E-state index in [4.69, 9.17) is 5.26 Å². The molecule has 25 heavy (non-hydrogen) atoms. The van der Waals surface area contributed by atoms with Crippen molar-refractivity contribution < 1.29 is 22.7 Å². The van der Waals surface area contributed by atoms with E-state index < -0.39 is 34.5 Å². The van der Waals surface area contributed by atoms with Crippen molar-refractivity contribution in [2.24, 2.45) is 0 Å². The maximum absolute atomic E-state index is 12.2. The lowest BCUT2D eigenvalue weighted by molar-refractivity contribution is -0.145. The number of benzene rings is 1. The first-order valence-electron chi connectivity index (χ1n) is 7.20. The third kappa shape index (κ3) is 6.38. The van der Waals surface area contributed by atoms with E-state index in [1.54, 1.807) is 6.07 Å². The molecular weight excluding hydrogens is 366 g/mol. The average Bonchev–Trinajstić information content (AvgIpc) is 2.62. The van der Waals surface area contributed by atoms with Crippen LogP contribution in [0.15, 0.2) is 29.2 Å². The molecule has 136 valence electrons. The first-order valence-corrected chi connectivity index (χ1v) is 10.1. The smallest absolute Gasteiger partial charge is 0.328 e. The highest BCUT2D eigenvalue weighted by Crippen LogP contribution is 2.13. The van der Waals surface area contributed by atoms with Crippen molar-refractivity contribution in [3.8, 4) is 6.07 Å². The Morgan fingerprint density at radius 3 is 2.64 bits per heavy atom. The van der Waals surface area contributed by atoms with Crippen LogP contribution in [0.4, 0.5) is 0 Å². The van der Waals surface area contributed by atoms with E-state index in [9.17, 15) is 18.0 Å². The molecule has 10 heteroatoms. The third-order valence-corrected chi connectivity index (χ3v) is 5.25. The van der Waals surface area contributed by atoms with Crippen molar-refractivity contribution in [3.05, 3.63) is 29.8 Å². The van der Waals surface area contributed by atoms with Crippen molar-refractivity contribution in [2.45, 2.75) is 17.4 Å². The minimum Gasteiger partial charge on any atom is -0.467 e. The molecule has 0 aliphatic heterocycles. The SMILES string of the molecule is COC(=O)[C@H](CCSC)NC(=O)CNS(=O)(=O)c1ccccc1C#N. The molecule has 0 saturated heterocycles. The first-order chi connectivity index (χ1) is 11.9. The summed E-state index contributed by atoms with van der Waals surface area (Å²) in [6.07, 6.45) is 2.22. The highest BCUT2D eigenvalue weighted by Gasteiger charge is 2.23. The van der Waals surface area contributed by atoms with Gasteiger partial charge >= 0.3 is 5.97 Å². The fraction of sp³-hybridized carbons (Fsp3) is 0.400. The highest BCUT2D eigenvalue weighted by atomic mass is 32.2. The number of carbonyl (C=O) groups excluding carboxylic acids is 2. The molecule has 1 rings (SSSR count). The van der Waals surface area contributed by atoms with Gasteiger partial charge in [-0.25, -0.2) is 17.9 Å². The van der Waals surface area contributed by atoms with E-state index >= 15 is 0 Å². The van der Waals surface area contributed by atoms with Crippen molar-refractivity contribution in [2.75, 3.05) is 25.7 Å². The van der Waals surface area contributed by atoms with Crippen LogP contribution in [0.2, 0.25) is 0 Å². The number of methoxy groups -OCH3 is 1. The number of ether oxygens (including phenoxy) is 1. The van der Waals surface area contributed by atoms with Crippen LogP contribution < -0.4 is 10.0 Å². The fourth-order valence-corrected chi connectivity index (χ4v) is 3.51. The van der Waals surface area contributed by atoms with Gasteiger partial charge in [0.15, 0.2) is 0 Å². The van der Waals surface area contributed by atoms with Crippen LogP contribution in [0.1, 0.15) is 12.0 Å². The Bertz CT molecular complexity index is 759. The Morgan fingerprint density at radius 1 is 1.36 bits per heavy atom. The zero-order valence-corrected chi connectivity index (χ0v) is 15.4. The second kappa shape index (κ2) is 10.0. The summed E-state index contributed by atoms with van der Waals surface area (Å²) in [5.41, 5.74) is -0.0252. The average molecular weight is 385 g/mol. The van der Waals surface area contributed by atoms with Gasteiger partial charge in [-0.15, -0.1) is 0 Å². The van der Waals surface area contributed by atoms with Gasteiger partial charge in [-0.1, -0.05) is 12.1 Å². The third-order valence-electron chi connectivity index (χ3n) is 3.15. The lowest BCUT2D eigenvalue weighted by atomic mass is 10.2. The largest absolute Gasteiger partial charge is 0.467 e. The number of hydrogen-bond donors (Lipinski definition) is 2. The molecule has 0 spiro atoms. The monoisotopic (exact) mass is 385 g/mol. The summed E-state index contributed by atoms with van der Waals surface area (Å²) in [6, 6.07) is 6.59. The standard InChI is InChI=1S/C15H19N3O5S2/c1-23-15(20)12(7-8-24-2)18-14(19)10-17-25(21,22)13-6-4-3-5-11(13)9-16/h3-6,12,17H,7-8,10H2,1-2H3,(H,18,19)/t12-/m0/s1. The lowest BCUT2D eigenvalue weighted by Crippen LogP contribution is -2.46. The quantitative estimate of drug-likeness (QED) is 0.584. The summed E-state index contributed by atoms with van der Waals surface area (Å²) in [5, 5.41) is 11.4. The maximum atomic E-state index is 12.2. The van der Waals surface area contributed by atoms with Crippen molar-refractivity contribution in [3.63, 3.8) is 0 Å². The maximum Gasteiger partial charge on any atom is 0.328 e. The number of nitriles is 1. The van der Waals surface area contributed by atoms with E-state index in [0.29, 0.717) is 12.2 Å². The number of hydrogen-bond acceptors (Lipinski definition) is 7. The van der Waals surface area contributed by atoms with Crippen LogP contribution >= 0.6 is 11.8 Å². The highest BCUT2D eigenvalue weighted by molar-refractivity contribution is 7.98. The molecule has 2 N–H and O–H groups in total. The number of nitrogens with one attached hydrogen (secondary N) is 2. The van der Waals surface area contributed by atoms with Crippen LogP contribution in [-0.4, -0.2) is 52.0 Å². The number of rotatable bonds is 9. The van der Waals surface area contributed by atoms with Gasteiger partial charge in [0.1, 0.15) is 12.1 Å². The topological polar surface area (TPSA) is 125 Å². The minimum absolute atomic E-state index is 0.0252. The summed E-state index contributed by atoms with van der Waals surface area (Å²) < 4.78 is 31.2. The van der Waals surface area contributed by atoms with Crippen LogP contribution in [0, 0.1) is 11.3 Å². The summed E-state index contributed by atoms with van der Waals surface area (Å²) in [5.74, 6) is -0.643. The molecule has 1 aromatic rings. The van der Waals surface area contributed by atoms with Crippen LogP contribution in [0.25, 0.3) is 0 Å². The van der Waals surface area contributed by atoms with Crippen LogP contribution in [-0.2, 0) is 24.3 Å². The predicted octanol–water partition coefficient (Wildman–Crippen LogP) is 0.247. The molecule has 1 amide bonds. The molecule has 0 heterocycles. The molecule has 1 atom stereocenters. The number of esters is 1. The lowest BCUT2D eigenvalue weighted by Gasteiger charge is -2.16. The van der Waals surface area contributed by atoms with E-state index in [1.165, 1.54) is 43.1 Å². The Labute approximate surface area is 151 Å². The summed E-state index contributed by atoms with van der Waals surface area (Å²) in [6.45, 7) is -0.561. The van der Waals surface area contributed by atoms with E-state index in [1.807, 2.05) is 6.26 Å². The van der Waals surface area contributed by atoms with E-state index in [0.717, 1.165) is 0 Å². The second-order valence-corrected chi connectivity index (χ2v) is 7.58. The Balaban J connectivity index is 2.74. The van der Waals surface area contributed by atoms with Gasteiger partial charge in [0, 0.05) is 0 Å². The second-order valence-electron chi connectivity index (χ2n) is 4.86. The Morgan fingerprint density at radius 2 is 2.04 bits per heavy atom. The molecule has 0 bridgehead atoms. The molecule has 0 aliphatic rings. The van der Waals surface area contributed by atoms with Gasteiger partial charge in [0.2, 0.25) is 15.9 Å². The van der Waals surface area contributed by atoms with Crippen LogP contribution in [0.5, 0.6) is 0 Å². The number of thioether (sulfide) groups is 1. The van der Waals surface area contributed by atoms with E-state index in [2.05, 4.69) is 14.8 Å². The van der Waals surface area contributed by atoms with Crippen molar-refractivity contribution in [1.29, 1.82) is 5.26 Å². The number of amides is 1. The van der Waals surface area contributed by atoms with Crippen LogP contribution in [0.3, 0.4) is 0 Å². The Kier molecular flexibility index (Phi) is 8.40. The zero-order chi connectivity index (χ0) is 18.9. The molecule has 1 aromatic carbocycles. The number of nitrogens with zero attached hydrogens (tertiary/aromatic N) is 1. The zero-order valence-electron chi connectivity index (χ0n) is 13.8. The molecule has 8 nitrogen and oxygen atoms in total. The van der Waals surface area contributed by atoms with Crippen molar-refractivity contribution in [1.82, 2.24) is 10.0 Å². The first kappa shape index (κ1) is 21.0. The molecule has 0 fully saturated rings.